The highest BCUT2D eigenvalue weighted by atomic mass is 19.1. The average molecular weight is 470 g/mol. The first-order valence-electron chi connectivity index (χ1n) is 10.8. The van der Waals surface area contributed by atoms with Gasteiger partial charge in [0.1, 0.15) is 23.7 Å². The van der Waals surface area contributed by atoms with E-state index in [0.29, 0.717) is 12.2 Å². The molecular weight excluding hydrogens is 447 g/mol. The standard InChI is InChI=1S/C24H23FN2O7/c25-16-7-4-15(5-8-16)6-10-18-21-19(27(26-18)24(30)31)11-9-17(23(28)29)22(21)34-14-13-33-20-3-1-2-12-32-20/h4-11,20H,1-3,12-14H2,(H,28,29)(H,30,31). The first kappa shape index (κ1) is 23.4. The van der Waals surface area contributed by atoms with Gasteiger partial charge in [0.05, 0.1) is 23.2 Å². The van der Waals surface area contributed by atoms with E-state index < -0.39 is 12.1 Å². The molecule has 2 N–H and O–H groups in total. The van der Waals surface area contributed by atoms with Crippen molar-refractivity contribution in [2.75, 3.05) is 19.8 Å². The molecule has 34 heavy (non-hydrogen) atoms. The van der Waals surface area contributed by atoms with Crippen LogP contribution in [0.2, 0.25) is 0 Å². The van der Waals surface area contributed by atoms with Crippen LogP contribution in [0.1, 0.15) is 40.9 Å². The van der Waals surface area contributed by atoms with Gasteiger partial charge in [0.15, 0.2) is 6.29 Å². The van der Waals surface area contributed by atoms with E-state index in [0.717, 1.165) is 23.9 Å². The SMILES string of the molecule is O=C(O)c1ccc2c(c(C=Cc3ccc(F)cc3)nn2C(=O)O)c1OCCOC1CCCCO1. The van der Waals surface area contributed by atoms with Crippen molar-refractivity contribution in [1.82, 2.24) is 9.78 Å². The van der Waals surface area contributed by atoms with Crippen molar-refractivity contribution >= 4 is 35.1 Å². The molecule has 1 aliphatic heterocycles. The Morgan fingerprint density at radius 1 is 1.12 bits per heavy atom. The molecule has 1 aliphatic rings. The van der Waals surface area contributed by atoms with Gasteiger partial charge < -0.3 is 24.4 Å². The maximum Gasteiger partial charge on any atom is 0.432 e. The number of hydrogen-bond acceptors (Lipinski definition) is 6. The van der Waals surface area contributed by atoms with Crippen LogP contribution in [0.3, 0.4) is 0 Å². The summed E-state index contributed by atoms with van der Waals surface area (Å²) in [6.07, 6.45) is 4.26. The maximum atomic E-state index is 13.2. The molecule has 0 spiro atoms. The summed E-state index contributed by atoms with van der Waals surface area (Å²) in [6.45, 7) is 0.818. The first-order chi connectivity index (χ1) is 16.4. The van der Waals surface area contributed by atoms with Gasteiger partial charge in [0.25, 0.3) is 0 Å². The molecule has 2 aromatic carbocycles. The molecule has 0 aliphatic carbocycles. The third-order valence-corrected chi connectivity index (χ3v) is 5.31. The Bertz CT molecular complexity index is 1210. The van der Waals surface area contributed by atoms with Crippen LogP contribution in [0.5, 0.6) is 5.75 Å². The van der Waals surface area contributed by atoms with Gasteiger partial charge in [-0.2, -0.15) is 9.78 Å². The van der Waals surface area contributed by atoms with E-state index in [1.807, 2.05) is 0 Å². The van der Waals surface area contributed by atoms with Crippen LogP contribution in [0.25, 0.3) is 23.1 Å². The summed E-state index contributed by atoms with van der Waals surface area (Å²) in [6, 6.07) is 8.33. The maximum absolute atomic E-state index is 13.2. The lowest BCUT2D eigenvalue weighted by molar-refractivity contribution is -0.165. The number of aromatic carboxylic acids is 1. The third kappa shape index (κ3) is 5.24. The van der Waals surface area contributed by atoms with Crippen LogP contribution in [-0.4, -0.2) is 58.2 Å². The van der Waals surface area contributed by atoms with Gasteiger partial charge >= 0.3 is 12.1 Å². The minimum atomic E-state index is -1.33. The highest BCUT2D eigenvalue weighted by Crippen LogP contribution is 2.34. The minimum Gasteiger partial charge on any atom is -0.489 e. The highest BCUT2D eigenvalue weighted by molar-refractivity contribution is 6.04. The minimum absolute atomic E-state index is 0.00980. The van der Waals surface area contributed by atoms with E-state index >= 15 is 0 Å². The highest BCUT2D eigenvalue weighted by Gasteiger charge is 2.23. The Labute approximate surface area is 194 Å². The molecule has 1 atom stereocenters. The average Bonchev–Trinajstić information content (AvgIpc) is 3.21. The molecule has 178 valence electrons. The van der Waals surface area contributed by atoms with Crippen LogP contribution in [-0.2, 0) is 9.47 Å². The molecule has 2 heterocycles. The van der Waals surface area contributed by atoms with Gasteiger partial charge in [-0.3, -0.25) is 0 Å². The van der Waals surface area contributed by atoms with Gasteiger partial charge in [-0.15, -0.1) is 0 Å². The molecule has 9 nitrogen and oxygen atoms in total. The zero-order valence-electron chi connectivity index (χ0n) is 18.1. The van der Waals surface area contributed by atoms with Gasteiger partial charge in [-0.25, -0.2) is 14.0 Å². The Morgan fingerprint density at radius 2 is 1.91 bits per heavy atom. The number of fused-ring (bicyclic) bond motifs is 1. The number of halogens is 1. The smallest absolute Gasteiger partial charge is 0.432 e. The van der Waals surface area contributed by atoms with Gasteiger partial charge in [-0.1, -0.05) is 18.2 Å². The number of carboxylic acids is 1. The fourth-order valence-corrected chi connectivity index (χ4v) is 3.70. The van der Waals surface area contributed by atoms with E-state index in [-0.39, 0.29) is 53.2 Å². The van der Waals surface area contributed by atoms with Gasteiger partial charge in [0, 0.05) is 6.61 Å². The molecule has 0 bridgehead atoms. The van der Waals surface area contributed by atoms with Crippen LogP contribution >= 0.6 is 0 Å². The summed E-state index contributed by atoms with van der Waals surface area (Å²) in [5.74, 6) is -1.63. The number of nitrogens with zero attached hydrogens (tertiary/aromatic N) is 2. The van der Waals surface area contributed by atoms with E-state index in [9.17, 15) is 24.2 Å². The van der Waals surface area contributed by atoms with Crippen LogP contribution in [0.4, 0.5) is 9.18 Å². The summed E-state index contributed by atoms with van der Waals surface area (Å²) in [5.41, 5.74) is 0.874. The molecule has 0 amide bonds. The van der Waals surface area contributed by atoms with Crippen molar-refractivity contribution in [3.05, 3.63) is 59.0 Å². The second kappa shape index (κ2) is 10.4. The van der Waals surface area contributed by atoms with Crippen molar-refractivity contribution in [1.29, 1.82) is 0 Å². The van der Waals surface area contributed by atoms with Crippen molar-refractivity contribution in [3.63, 3.8) is 0 Å². The van der Waals surface area contributed by atoms with Crippen molar-refractivity contribution in [2.24, 2.45) is 0 Å². The fraction of sp³-hybridized carbons (Fsp3) is 0.292. The zero-order valence-corrected chi connectivity index (χ0v) is 18.1. The molecule has 1 saturated heterocycles. The molecule has 10 heteroatoms. The Kier molecular flexibility index (Phi) is 7.19. The predicted molar refractivity (Wildman–Crippen MR) is 120 cm³/mol. The molecule has 0 saturated carbocycles. The lowest BCUT2D eigenvalue weighted by Crippen LogP contribution is -2.24. The van der Waals surface area contributed by atoms with Crippen LogP contribution < -0.4 is 4.74 Å². The number of hydrogen-bond donors (Lipinski definition) is 2. The lowest BCUT2D eigenvalue weighted by atomic mass is 10.1. The van der Waals surface area contributed by atoms with Crippen molar-refractivity contribution in [3.8, 4) is 5.75 Å². The van der Waals surface area contributed by atoms with E-state index in [1.54, 1.807) is 18.2 Å². The summed E-state index contributed by atoms with van der Waals surface area (Å²) >= 11 is 0. The molecule has 1 aromatic heterocycles. The number of carboxylic acid groups (broad SMARTS) is 2. The largest absolute Gasteiger partial charge is 0.489 e. The number of benzene rings is 2. The molecule has 4 rings (SSSR count). The molecule has 1 unspecified atom stereocenters. The quantitative estimate of drug-likeness (QED) is 0.462. The second-order valence-electron chi connectivity index (χ2n) is 7.62. The summed E-state index contributed by atoms with van der Waals surface area (Å²) in [5, 5.41) is 23.6. The normalized spacial score (nSPS) is 16.2. The Morgan fingerprint density at radius 3 is 2.59 bits per heavy atom. The second-order valence-corrected chi connectivity index (χ2v) is 7.62. The molecule has 1 fully saturated rings. The number of carbonyl (C=O) groups is 2. The lowest BCUT2D eigenvalue weighted by Gasteiger charge is -2.22. The monoisotopic (exact) mass is 470 g/mol. The zero-order chi connectivity index (χ0) is 24.1. The predicted octanol–water partition coefficient (Wildman–Crippen LogP) is 4.49. The van der Waals surface area contributed by atoms with E-state index in [1.165, 1.54) is 30.3 Å². The number of rotatable bonds is 8. The number of ether oxygens (including phenoxy) is 3. The molecule has 0 radical (unpaired) electrons. The van der Waals surface area contributed by atoms with Crippen molar-refractivity contribution < 1.29 is 38.4 Å². The van der Waals surface area contributed by atoms with E-state index in [2.05, 4.69) is 5.10 Å². The van der Waals surface area contributed by atoms with Gasteiger partial charge in [-0.05, 0) is 55.2 Å². The van der Waals surface area contributed by atoms with E-state index in [4.69, 9.17) is 14.2 Å². The molecule has 3 aromatic rings. The molecular formula is C24H23FN2O7. The van der Waals surface area contributed by atoms with Crippen LogP contribution in [0, 0.1) is 5.82 Å². The Balaban J connectivity index is 1.67. The summed E-state index contributed by atoms with van der Waals surface area (Å²) < 4.78 is 30.9. The topological polar surface area (TPSA) is 120 Å². The Hall–Kier alpha value is -3.76. The van der Waals surface area contributed by atoms with Crippen molar-refractivity contribution in [2.45, 2.75) is 25.6 Å². The number of aromatic nitrogens is 2. The fourth-order valence-electron chi connectivity index (χ4n) is 3.70. The summed E-state index contributed by atoms with van der Waals surface area (Å²) in [7, 11) is 0. The van der Waals surface area contributed by atoms with Gasteiger partial charge in [0.2, 0.25) is 0 Å². The summed E-state index contributed by atoms with van der Waals surface area (Å²) in [4.78, 5) is 23.6. The first-order valence-corrected chi connectivity index (χ1v) is 10.8. The third-order valence-electron chi connectivity index (χ3n) is 5.31. The van der Waals surface area contributed by atoms with Crippen LogP contribution in [0.15, 0.2) is 36.4 Å².